The van der Waals surface area contributed by atoms with E-state index in [1.54, 1.807) is 13.8 Å². The Morgan fingerprint density at radius 1 is 0.706 bits per heavy atom. The fourth-order valence-corrected chi connectivity index (χ4v) is 4.63. The lowest BCUT2D eigenvalue weighted by atomic mass is 9.96. The number of aliphatic carboxylic acids is 2. The molecule has 0 aromatic carbocycles. The number of nitrogens with two attached hydrogens (primary N) is 3. The van der Waals surface area contributed by atoms with Crippen LogP contribution < -0.4 is 49.1 Å². The first-order chi connectivity index (χ1) is 23.8. The van der Waals surface area contributed by atoms with Gasteiger partial charge in [0.15, 0.2) is 5.96 Å². The van der Waals surface area contributed by atoms with E-state index >= 15 is 0 Å². The van der Waals surface area contributed by atoms with Crippen LogP contribution in [0.4, 0.5) is 0 Å². The summed E-state index contributed by atoms with van der Waals surface area (Å²) in [5.41, 5.74) is 16.5. The molecule has 20 heteroatoms. The van der Waals surface area contributed by atoms with Crippen LogP contribution in [0.15, 0.2) is 4.99 Å². The van der Waals surface area contributed by atoms with Gasteiger partial charge in [-0.2, -0.15) is 0 Å². The van der Waals surface area contributed by atoms with Crippen molar-refractivity contribution in [2.24, 2.45) is 34.0 Å². The normalized spacial score (nSPS) is 14.3. The topological polar surface area (TPSA) is 340 Å². The number of rotatable bonds is 25. The van der Waals surface area contributed by atoms with Crippen molar-refractivity contribution >= 4 is 53.3 Å². The summed E-state index contributed by atoms with van der Waals surface area (Å²) >= 11 is 0. The van der Waals surface area contributed by atoms with Crippen molar-refractivity contribution in [3.8, 4) is 0 Å². The second kappa shape index (κ2) is 24.2. The van der Waals surface area contributed by atoms with Crippen molar-refractivity contribution in [3.63, 3.8) is 0 Å². The van der Waals surface area contributed by atoms with Gasteiger partial charge in [0.25, 0.3) is 0 Å². The Bertz CT molecular complexity index is 1240. The van der Waals surface area contributed by atoms with Gasteiger partial charge in [0.1, 0.15) is 24.2 Å². The molecular weight excluding hydrogens is 672 g/mol. The average Bonchev–Trinajstić information content (AvgIpc) is 3.06. The average molecular weight is 729 g/mol. The van der Waals surface area contributed by atoms with Crippen LogP contribution in [0.5, 0.6) is 0 Å². The molecule has 0 heterocycles. The molecule has 0 aromatic heterocycles. The quantitative estimate of drug-likeness (QED) is 0.0254. The zero-order chi connectivity index (χ0) is 39.3. The molecule has 0 saturated carbocycles. The maximum Gasteiger partial charge on any atom is 0.303 e. The number of aliphatic imine (C=N–C) groups is 1. The van der Waals surface area contributed by atoms with Crippen LogP contribution in [0.2, 0.25) is 0 Å². The van der Waals surface area contributed by atoms with E-state index in [2.05, 4.69) is 36.9 Å². The molecule has 0 saturated heterocycles. The van der Waals surface area contributed by atoms with Crippen LogP contribution in [0.25, 0.3) is 0 Å². The Morgan fingerprint density at radius 3 is 1.80 bits per heavy atom. The highest BCUT2D eigenvalue weighted by Gasteiger charge is 2.33. The van der Waals surface area contributed by atoms with E-state index in [9.17, 15) is 43.5 Å². The van der Waals surface area contributed by atoms with Gasteiger partial charge >= 0.3 is 11.9 Å². The van der Waals surface area contributed by atoms with Crippen molar-refractivity contribution in [2.45, 2.75) is 109 Å². The lowest BCUT2D eigenvalue weighted by Gasteiger charge is -2.28. The third-order valence-electron chi connectivity index (χ3n) is 7.69. The minimum absolute atomic E-state index is 0.00149. The van der Waals surface area contributed by atoms with E-state index in [0.717, 1.165) is 0 Å². The first-order valence-electron chi connectivity index (χ1n) is 16.8. The Kier molecular flexibility index (Phi) is 21.8. The zero-order valence-corrected chi connectivity index (χ0v) is 30.0. The predicted molar refractivity (Wildman–Crippen MR) is 185 cm³/mol. The molecule has 51 heavy (non-hydrogen) atoms. The molecule has 0 bridgehead atoms. The van der Waals surface area contributed by atoms with Gasteiger partial charge in [-0.25, -0.2) is 0 Å². The standard InChI is InChI=1S/C31H56N10O10/c1-6-17(4)25(41-29(50)19(8-7-13-36-31(33)34)39-26(47)18(32)9-11-23(43)44)30(51)40-20(10-12-24(45)46)28(49)37-15-22(42)38-21(14-16(2)3)27(48)35-5/h16-21,25H,6-15,32H2,1-5H3,(H,35,48)(H,37,49)(H,38,42)(H,39,47)(H,40,51)(H,41,50)(H,43,44)(H,45,46)(H4,33,34,36)/t17-,18-,19-,20-,21-,25-/m0/s1. The zero-order valence-electron chi connectivity index (χ0n) is 30.0. The van der Waals surface area contributed by atoms with Crippen molar-refractivity contribution in [2.75, 3.05) is 20.1 Å². The van der Waals surface area contributed by atoms with Gasteiger partial charge in [-0.15, -0.1) is 0 Å². The van der Waals surface area contributed by atoms with Gasteiger partial charge in [0, 0.05) is 26.4 Å². The highest BCUT2D eigenvalue weighted by molar-refractivity contribution is 5.96. The fourth-order valence-electron chi connectivity index (χ4n) is 4.63. The fraction of sp³-hybridized carbons (Fsp3) is 0.710. The Morgan fingerprint density at radius 2 is 1.27 bits per heavy atom. The summed E-state index contributed by atoms with van der Waals surface area (Å²) in [5, 5.41) is 33.0. The van der Waals surface area contributed by atoms with Crippen LogP contribution in [0.3, 0.4) is 0 Å². The van der Waals surface area contributed by atoms with Crippen molar-refractivity contribution in [3.05, 3.63) is 0 Å². The van der Waals surface area contributed by atoms with Gasteiger partial charge in [0.05, 0.1) is 12.6 Å². The monoisotopic (exact) mass is 728 g/mol. The van der Waals surface area contributed by atoms with Gasteiger partial charge in [0.2, 0.25) is 35.4 Å². The number of guanidine groups is 1. The van der Waals surface area contributed by atoms with E-state index in [0.29, 0.717) is 12.8 Å². The van der Waals surface area contributed by atoms with E-state index in [-0.39, 0.29) is 50.5 Å². The first kappa shape index (κ1) is 46.0. The smallest absolute Gasteiger partial charge is 0.303 e. The molecule has 0 radical (unpaired) electrons. The summed E-state index contributed by atoms with van der Waals surface area (Å²) in [4.78, 5) is 104. The van der Waals surface area contributed by atoms with Crippen molar-refractivity contribution in [1.29, 1.82) is 0 Å². The number of nitrogens with zero attached hydrogens (tertiary/aromatic N) is 1. The highest BCUT2D eigenvalue weighted by atomic mass is 16.4. The van der Waals surface area contributed by atoms with Crippen LogP contribution in [0, 0.1) is 11.8 Å². The number of likely N-dealkylation sites (N-methyl/N-ethyl adjacent to an activating group) is 1. The lowest BCUT2D eigenvalue weighted by molar-refractivity contribution is -0.139. The second-order valence-electron chi connectivity index (χ2n) is 12.5. The number of hydrogen-bond acceptors (Lipinski definition) is 10. The Hall–Kier alpha value is -5.01. The molecule has 0 aliphatic heterocycles. The molecular formula is C31H56N10O10. The van der Waals surface area contributed by atoms with Crippen molar-refractivity contribution < 1.29 is 48.6 Å². The van der Waals surface area contributed by atoms with Gasteiger partial charge < -0.3 is 59.3 Å². The van der Waals surface area contributed by atoms with Crippen molar-refractivity contribution in [1.82, 2.24) is 31.9 Å². The minimum atomic E-state index is -1.43. The molecule has 0 rings (SSSR count). The molecule has 0 unspecified atom stereocenters. The second-order valence-corrected chi connectivity index (χ2v) is 12.5. The Balaban J connectivity index is 5.98. The van der Waals surface area contributed by atoms with Crippen LogP contribution >= 0.6 is 0 Å². The van der Waals surface area contributed by atoms with Crippen LogP contribution in [-0.4, -0.2) is 114 Å². The number of hydrogen-bond donors (Lipinski definition) is 11. The maximum atomic E-state index is 13.6. The Labute approximate surface area is 297 Å². The van der Waals surface area contributed by atoms with E-state index < -0.39 is 96.5 Å². The molecule has 0 aromatic rings. The number of carboxylic acid groups (broad SMARTS) is 2. The summed E-state index contributed by atoms with van der Waals surface area (Å²) in [6.07, 6.45) is -0.554. The first-order valence-corrected chi connectivity index (χ1v) is 16.8. The van der Waals surface area contributed by atoms with Gasteiger partial charge in [-0.3, -0.25) is 43.3 Å². The largest absolute Gasteiger partial charge is 0.481 e. The van der Waals surface area contributed by atoms with E-state index in [1.165, 1.54) is 7.05 Å². The van der Waals surface area contributed by atoms with E-state index in [1.807, 2.05) is 13.8 Å². The highest BCUT2D eigenvalue weighted by Crippen LogP contribution is 2.12. The summed E-state index contributed by atoms with van der Waals surface area (Å²) in [6.45, 7) is 6.64. The number of carbonyl (C=O) groups is 8. The molecule has 0 fully saturated rings. The van der Waals surface area contributed by atoms with Crippen LogP contribution in [-0.2, 0) is 38.4 Å². The summed E-state index contributed by atoms with van der Waals surface area (Å²) < 4.78 is 0. The lowest BCUT2D eigenvalue weighted by Crippen LogP contribution is -2.59. The van der Waals surface area contributed by atoms with Crippen LogP contribution in [0.1, 0.15) is 79.1 Å². The molecule has 0 aliphatic rings. The minimum Gasteiger partial charge on any atom is -0.481 e. The molecule has 14 N–H and O–H groups in total. The molecule has 6 atom stereocenters. The molecule has 0 aliphatic carbocycles. The van der Waals surface area contributed by atoms with Gasteiger partial charge in [-0.05, 0) is 43.9 Å². The molecule has 20 nitrogen and oxygen atoms in total. The number of nitrogens with one attached hydrogen (secondary N) is 6. The predicted octanol–water partition coefficient (Wildman–Crippen LogP) is -3.01. The summed E-state index contributed by atoms with van der Waals surface area (Å²) in [6, 6.07) is -6.06. The molecule has 6 amide bonds. The number of amides is 6. The summed E-state index contributed by atoms with van der Waals surface area (Å²) in [5.74, 6) is -7.51. The third kappa shape index (κ3) is 19.7. The van der Waals surface area contributed by atoms with Gasteiger partial charge in [-0.1, -0.05) is 34.1 Å². The number of carboxylic acids is 2. The molecule has 0 spiro atoms. The van der Waals surface area contributed by atoms with E-state index in [4.69, 9.17) is 22.3 Å². The third-order valence-corrected chi connectivity index (χ3v) is 7.69. The SMILES string of the molecule is CC[C@H](C)[C@H](NC(=O)[C@H](CCCN=C(N)N)NC(=O)[C@@H](N)CCC(=O)O)C(=O)N[C@@H](CCC(=O)O)C(=O)NCC(=O)N[C@@H](CC(C)C)C(=O)NC. The molecule has 290 valence electrons. The maximum absolute atomic E-state index is 13.6. The summed E-state index contributed by atoms with van der Waals surface area (Å²) in [7, 11) is 1.42. The number of carbonyl (C=O) groups excluding carboxylic acids is 6.